The van der Waals surface area contributed by atoms with Gasteiger partial charge in [-0.15, -0.1) is 0 Å². The Morgan fingerprint density at radius 1 is 0.621 bits per heavy atom. The predicted molar refractivity (Wildman–Crippen MR) is 231 cm³/mol. The zero-order valence-electron chi connectivity index (χ0n) is 37.1. The highest BCUT2D eigenvalue weighted by Gasteiger charge is 2.59. The fourth-order valence-corrected chi connectivity index (χ4v) is 8.24. The molecule has 12 heteroatoms. The third-order valence-electron chi connectivity index (χ3n) is 11.9. The predicted octanol–water partition coefficient (Wildman–Crippen LogP) is 8.45. The van der Waals surface area contributed by atoms with Crippen molar-refractivity contribution >= 4 is 23.6 Å². The molecule has 1 saturated heterocycles. The Labute approximate surface area is 352 Å². The number of nitrogens with zero attached hydrogens (tertiary/aromatic N) is 1. The summed E-state index contributed by atoms with van der Waals surface area (Å²) in [6, 6.07) is -1.19. The Balaban J connectivity index is 2.90. The molecular weight excluding hydrogens is 739 g/mol. The number of rotatable bonds is 38. The van der Waals surface area contributed by atoms with Crippen molar-refractivity contribution in [1.82, 2.24) is 10.2 Å². The van der Waals surface area contributed by atoms with Crippen LogP contribution in [-0.2, 0) is 23.9 Å². The van der Waals surface area contributed by atoms with Gasteiger partial charge >= 0.3 is 5.97 Å². The Morgan fingerprint density at radius 3 is 1.45 bits per heavy atom. The number of hydrogen-bond acceptors (Lipinski definition) is 9. The van der Waals surface area contributed by atoms with Crippen molar-refractivity contribution in [3.8, 4) is 0 Å². The number of carbonyl (C=O) groups is 4. The number of nitrogens with two attached hydrogens (primary N) is 1. The van der Waals surface area contributed by atoms with Crippen molar-refractivity contribution in [2.45, 2.75) is 250 Å². The minimum Gasteiger partial charge on any atom is -0.481 e. The number of unbranched alkanes of at least 4 members (excludes halogenated alkanes) is 25. The molecule has 0 radical (unpaired) electrons. The molecule has 1 fully saturated rings. The Morgan fingerprint density at radius 2 is 1.03 bits per heavy atom. The molecule has 1 heterocycles. The van der Waals surface area contributed by atoms with Crippen LogP contribution in [0.1, 0.15) is 220 Å². The van der Waals surface area contributed by atoms with Crippen LogP contribution >= 0.6 is 0 Å². The molecule has 12 nitrogen and oxygen atoms in total. The first-order valence-corrected chi connectivity index (χ1v) is 23.7. The van der Waals surface area contributed by atoms with Crippen LogP contribution in [0.5, 0.6) is 0 Å². The van der Waals surface area contributed by atoms with Crippen LogP contribution < -0.4 is 11.1 Å². The SMILES string of the molecule is CCCCCCCCCCCCCCCCCC(=O)N(CCCCCCCCCCCCCC)[C@]1(N)O[C@H](CO)[C@@H](O)[C@H](O)[C@H]1C(=O)[C@H](C)NC(=O)CCCC(=O)O. The van der Waals surface area contributed by atoms with Gasteiger partial charge < -0.3 is 35.4 Å². The molecule has 0 aliphatic carbocycles. The van der Waals surface area contributed by atoms with Gasteiger partial charge in [0.1, 0.15) is 18.1 Å². The summed E-state index contributed by atoms with van der Waals surface area (Å²) in [7, 11) is 0. The van der Waals surface area contributed by atoms with Crippen LogP contribution in [0.2, 0.25) is 0 Å². The lowest BCUT2D eigenvalue weighted by molar-refractivity contribution is -0.291. The Hall–Kier alpha value is -2.12. The second-order valence-electron chi connectivity index (χ2n) is 17.1. The molecule has 1 aliphatic rings. The molecule has 1 aliphatic heterocycles. The van der Waals surface area contributed by atoms with E-state index in [1.807, 2.05) is 0 Å². The summed E-state index contributed by atoms with van der Waals surface area (Å²) in [4.78, 5) is 53.0. The lowest BCUT2D eigenvalue weighted by Crippen LogP contribution is -2.76. The van der Waals surface area contributed by atoms with E-state index in [0.29, 0.717) is 12.8 Å². The molecule has 7 N–H and O–H groups in total. The standard InChI is InChI=1S/C46H87N3O9/c1-4-6-8-10-12-14-16-18-19-20-21-23-25-27-29-33-40(52)49(35-30-28-26-24-22-17-15-13-11-9-7-5-2)46(47)42(45(57)44(56)38(36-50)58-46)43(55)37(3)48-39(51)32-31-34-41(53)54/h37-38,42,44-45,50,56-57H,4-36,47H2,1-3H3,(H,48,51)(H,53,54)/t37-,38+,42+,44+,45+,46-/m0/s1. The van der Waals surface area contributed by atoms with E-state index in [1.165, 1.54) is 127 Å². The molecule has 0 aromatic carbocycles. The van der Waals surface area contributed by atoms with Crippen molar-refractivity contribution in [1.29, 1.82) is 0 Å². The lowest BCUT2D eigenvalue weighted by atomic mass is 9.80. The summed E-state index contributed by atoms with van der Waals surface area (Å²) in [5.74, 6) is -6.50. The largest absolute Gasteiger partial charge is 0.481 e. The molecule has 340 valence electrons. The molecule has 0 aromatic rings. The number of ketones is 1. The normalized spacial score (nSPS) is 21.2. The van der Waals surface area contributed by atoms with Gasteiger partial charge in [-0.3, -0.25) is 24.9 Å². The van der Waals surface area contributed by atoms with Gasteiger partial charge in [0.25, 0.3) is 0 Å². The highest BCUT2D eigenvalue weighted by molar-refractivity contribution is 5.92. The van der Waals surface area contributed by atoms with E-state index in [4.69, 9.17) is 15.6 Å². The van der Waals surface area contributed by atoms with Gasteiger partial charge in [-0.1, -0.05) is 174 Å². The number of hydrogen-bond donors (Lipinski definition) is 6. The first-order chi connectivity index (χ1) is 27.9. The monoisotopic (exact) mass is 826 g/mol. The number of carboxylic acids is 1. The minimum atomic E-state index is -2.20. The Bertz CT molecular complexity index is 1090. The Kier molecular flexibility index (Phi) is 31.2. The van der Waals surface area contributed by atoms with E-state index >= 15 is 0 Å². The quantitative estimate of drug-likeness (QED) is 0.0259. The van der Waals surface area contributed by atoms with E-state index in [0.717, 1.165) is 44.9 Å². The van der Waals surface area contributed by atoms with Crippen LogP contribution in [0.3, 0.4) is 0 Å². The maximum Gasteiger partial charge on any atom is 0.303 e. The molecule has 0 bridgehead atoms. The van der Waals surface area contributed by atoms with E-state index < -0.39 is 60.4 Å². The molecule has 0 spiro atoms. The fourth-order valence-electron chi connectivity index (χ4n) is 8.24. The van der Waals surface area contributed by atoms with E-state index in [-0.39, 0.29) is 38.1 Å². The number of aliphatic hydroxyl groups is 3. The molecule has 1 rings (SSSR count). The molecular formula is C46H87N3O9. The summed E-state index contributed by atoms with van der Waals surface area (Å²) >= 11 is 0. The van der Waals surface area contributed by atoms with Crippen LogP contribution in [0.4, 0.5) is 0 Å². The van der Waals surface area contributed by atoms with Crippen molar-refractivity contribution in [2.24, 2.45) is 11.7 Å². The highest BCUT2D eigenvalue weighted by Crippen LogP contribution is 2.36. The summed E-state index contributed by atoms with van der Waals surface area (Å²) in [6.07, 6.45) is 26.5. The van der Waals surface area contributed by atoms with Gasteiger partial charge in [0.2, 0.25) is 17.7 Å². The number of amides is 2. The minimum absolute atomic E-state index is 0.0790. The fraction of sp³-hybridized carbons (Fsp3) is 0.913. The number of carboxylic acid groups (broad SMARTS) is 1. The topological polar surface area (TPSA) is 200 Å². The zero-order chi connectivity index (χ0) is 43.0. The molecule has 0 aromatic heterocycles. The number of carbonyl (C=O) groups excluding carboxylic acids is 3. The van der Waals surface area contributed by atoms with Gasteiger partial charge in [0, 0.05) is 25.8 Å². The van der Waals surface area contributed by atoms with Crippen LogP contribution in [0, 0.1) is 5.92 Å². The molecule has 58 heavy (non-hydrogen) atoms. The maximum atomic E-state index is 14.1. The number of Topliss-reactive ketones (excluding diaryl/α,β-unsaturated/α-hetero) is 1. The summed E-state index contributed by atoms with van der Waals surface area (Å²) in [5, 5.41) is 43.9. The molecule has 6 atom stereocenters. The summed E-state index contributed by atoms with van der Waals surface area (Å²) in [5.41, 5.74) is 6.95. The zero-order valence-corrected chi connectivity index (χ0v) is 37.1. The average molecular weight is 826 g/mol. The van der Waals surface area contributed by atoms with E-state index in [2.05, 4.69) is 19.2 Å². The summed E-state index contributed by atoms with van der Waals surface area (Å²) < 4.78 is 6.08. The van der Waals surface area contributed by atoms with Gasteiger partial charge in [-0.25, -0.2) is 0 Å². The van der Waals surface area contributed by atoms with Gasteiger partial charge in [0.15, 0.2) is 5.78 Å². The third kappa shape index (κ3) is 22.5. The second kappa shape index (κ2) is 33.6. The van der Waals surface area contributed by atoms with Crippen LogP contribution in [0.15, 0.2) is 0 Å². The maximum absolute atomic E-state index is 14.1. The van der Waals surface area contributed by atoms with Crippen LogP contribution in [-0.4, -0.2) is 92.2 Å². The second-order valence-corrected chi connectivity index (χ2v) is 17.1. The van der Waals surface area contributed by atoms with Gasteiger partial charge in [-0.05, 0) is 26.2 Å². The average Bonchev–Trinajstić information content (AvgIpc) is 3.19. The molecule has 0 unspecified atom stereocenters. The number of ether oxygens (including phenoxy) is 1. The number of aliphatic hydroxyl groups excluding tert-OH is 3. The first-order valence-electron chi connectivity index (χ1n) is 23.7. The van der Waals surface area contributed by atoms with Crippen molar-refractivity contribution in [3.05, 3.63) is 0 Å². The van der Waals surface area contributed by atoms with Crippen molar-refractivity contribution in [2.75, 3.05) is 13.2 Å². The van der Waals surface area contributed by atoms with Crippen LogP contribution in [0.25, 0.3) is 0 Å². The third-order valence-corrected chi connectivity index (χ3v) is 11.9. The van der Waals surface area contributed by atoms with E-state index in [9.17, 15) is 34.5 Å². The first kappa shape index (κ1) is 53.9. The lowest BCUT2D eigenvalue weighted by Gasteiger charge is -2.53. The highest BCUT2D eigenvalue weighted by atomic mass is 16.6. The number of aliphatic carboxylic acids is 1. The summed E-state index contributed by atoms with van der Waals surface area (Å²) in [6.45, 7) is 5.35. The van der Waals surface area contributed by atoms with Crippen molar-refractivity contribution < 1.29 is 44.3 Å². The smallest absolute Gasteiger partial charge is 0.303 e. The van der Waals surface area contributed by atoms with Crippen molar-refractivity contribution in [3.63, 3.8) is 0 Å². The van der Waals surface area contributed by atoms with E-state index in [1.54, 1.807) is 0 Å². The molecule has 2 amide bonds. The number of nitrogens with one attached hydrogen (secondary N) is 1. The molecule has 0 saturated carbocycles. The van der Waals surface area contributed by atoms with Gasteiger partial charge in [0.05, 0.1) is 18.8 Å². The van der Waals surface area contributed by atoms with Gasteiger partial charge in [-0.2, -0.15) is 0 Å².